The van der Waals surface area contributed by atoms with Gasteiger partial charge in [0.05, 0.1) is 12.1 Å². The van der Waals surface area contributed by atoms with E-state index in [9.17, 15) is 9.50 Å². The molecule has 0 amide bonds. The van der Waals surface area contributed by atoms with Crippen molar-refractivity contribution < 1.29 is 14.2 Å². The molecule has 1 rings (SSSR count). The van der Waals surface area contributed by atoms with Gasteiger partial charge in [-0.05, 0) is 31.0 Å². The zero-order chi connectivity index (χ0) is 12.1. The van der Waals surface area contributed by atoms with Gasteiger partial charge in [0, 0.05) is 6.07 Å². The summed E-state index contributed by atoms with van der Waals surface area (Å²) in [6.07, 6.45) is -0.0122. The number of halogens is 1. The molecule has 2 atom stereocenters. The highest BCUT2D eigenvalue weighted by atomic mass is 19.1. The van der Waals surface area contributed by atoms with Crippen LogP contribution in [0.1, 0.15) is 18.9 Å². The normalized spacial score (nSPS) is 14.6. The lowest BCUT2D eigenvalue weighted by molar-refractivity contribution is 0.112. The molecule has 0 aromatic heterocycles. The van der Waals surface area contributed by atoms with Crippen molar-refractivity contribution >= 4 is 0 Å². The van der Waals surface area contributed by atoms with Crippen molar-refractivity contribution in [2.75, 3.05) is 6.61 Å². The van der Waals surface area contributed by atoms with Crippen LogP contribution in [0.5, 0.6) is 5.75 Å². The predicted octanol–water partition coefficient (Wildman–Crippen LogP) is 1.61. The van der Waals surface area contributed by atoms with Crippen molar-refractivity contribution in [1.29, 1.82) is 0 Å². The highest BCUT2D eigenvalue weighted by Crippen LogP contribution is 2.16. The minimum absolute atomic E-state index is 0.178. The van der Waals surface area contributed by atoms with Gasteiger partial charge in [0.15, 0.2) is 0 Å². The highest BCUT2D eigenvalue weighted by Gasteiger charge is 2.13. The monoisotopic (exact) mass is 227 g/mol. The van der Waals surface area contributed by atoms with E-state index in [1.165, 1.54) is 12.1 Å². The maximum Gasteiger partial charge on any atom is 0.127 e. The fourth-order valence-corrected chi connectivity index (χ4v) is 1.39. The third-order valence-electron chi connectivity index (χ3n) is 2.37. The molecule has 2 unspecified atom stereocenters. The number of hydrogen-bond donors (Lipinski definition) is 2. The first-order chi connectivity index (χ1) is 7.52. The molecule has 3 nitrogen and oxygen atoms in total. The fourth-order valence-electron chi connectivity index (χ4n) is 1.39. The zero-order valence-corrected chi connectivity index (χ0v) is 9.61. The van der Waals surface area contributed by atoms with E-state index in [2.05, 4.69) is 0 Å². The van der Waals surface area contributed by atoms with E-state index in [-0.39, 0.29) is 12.4 Å². The van der Waals surface area contributed by atoms with Crippen molar-refractivity contribution in [3.05, 3.63) is 29.6 Å². The molecule has 90 valence electrons. The average Bonchev–Trinajstić information content (AvgIpc) is 2.23. The summed E-state index contributed by atoms with van der Waals surface area (Å²) < 4.78 is 18.3. The Morgan fingerprint density at radius 3 is 2.69 bits per heavy atom. The van der Waals surface area contributed by atoms with Crippen LogP contribution in [0.15, 0.2) is 18.2 Å². The Labute approximate surface area is 95.0 Å². The smallest absolute Gasteiger partial charge is 0.127 e. The van der Waals surface area contributed by atoms with Gasteiger partial charge in [0.25, 0.3) is 0 Å². The number of aryl methyl sites for hydroxylation is 1. The third kappa shape index (κ3) is 3.79. The molecule has 0 bridgehead atoms. The molecule has 0 heterocycles. The second-order valence-corrected chi connectivity index (χ2v) is 3.91. The Bertz CT molecular complexity index is 324. The molecular formula is C12H18FNO2. The van der Waals surface area contributed by atoms with Crippen molar-refractivity contribution in [3.8, 4) is 5.75 Å². The van der Waals surface area contributed by atoms with Crippen molar-refractivity contribution in [2.45, 2.75) is 32.4 Å². The molecule has 1 aromatic carbocycles. The van der Waals surface area contributed by atoms with Crippen LogP contribution in [-0.2, 0) is 0 Å². The SMILES string of the molecule is CCC(O)C(N)COc1cc(C)cc(F)c1. The van der Waals surface area contributed by atoms with Gasteiger partial charge in [-0.25, -0.2) is 4.39 Å². The molecule has 0 aliphatic rings. The molecule has 0 saturated carbocycles. The van der Waals surface area contributed by atoms with E-state index in [1.54, 1.807) is 13.0 Å². The second-order valence-electron chi connectivity index (χ2n) is 3.91. The number of aliphatic hydroxyl groups is 1. The second kappa shape index (κ2) is 5.82. The van der Waals surface area contributed by atoms with Crippen molar-refractivity contribution in [1.82, 2.24) is 0 Å². The maximum atomic E-state index is 13.0. The van der Waals surface area contributed by atoms with Gasteiger partial charge in [-0.2, -0.15) is 0 Å². The molecule has 0 spiro atoms. The molecule has 0 radical (unpaired) electrons. The molecule has 0 aliphatic carbocycles. The lowest BCUT2D eigenvalue weighted by Gasteiger charge is -2.17. The Morgan fingerprint density at radius 1 is 1.44 bits per heavy atom. The molecule has 16 heavy (non-hydrogen) atoms. The van der Waals surface area contributed by atoms with E-state index in [0.717, 1.165) is 5.56 Å². The Morgan fingerprint density at radius 2 is 2.12 bits per heavy atom. The van der Waals surface area contributed by atoms with Crippen molar-refractivity contribution in [2.24, 2.45) is 5.73 Å². The van der Waals surface area contributed by atoms with Gasteiger partial charge < -0.3 is 15.6 Å². The summed E-state index contributed by atoms with van der Waals surface area (Å²) >= 11 is 0. The molecule has 0 saturated heterocycles. The summed E-state index contributed by atoms with van der Waals surface area (Å²) in [5, 5.41) is 9.43. The minimum atomic E-state index is -0.588. The van der Waals surface area contributed by atoms with Crippen LogP contribution < -0.4 is 10.5 Å². The minimum Gasteiger partial charge on any atom is -0.492 e. The first-order valence-corrected chi connectivity index (χ1v) is 5.36. The summed E-state index contributed by atoms with van der Waals surface area (Å²) in [7, 11) is 0. The fraction of sp³-hybridized carbons (Fsp3) is 0.500. The van der Waals surface area contributed by atoms with Gasteiger partial charge in [-0.15, -0.1) is 0 Å². The number of nitrogens with two attached hydrogens (primary N) is 1. The zero-order valence-electron chi connectivity index (χ0n) is 9.61. The first-order valence-electron chi connectivity index (χ1n) is 5.36. The standard InChI is InChI=1S/C12H18FNO2/c1-3-12(15)11(14)7-16-10-5-8(2)4-9(13)6-10/h4-6,11-12,15H,3,7,14H2,1-2H3. The van der Waals surface area contributed by atoms with Crippen LogP contribution in [-0.4, -0.2) is 23.9 Å². The first kappa shape index (κ1) is 12.9. The van der Waals surface area contributed by atoms with Crippen LogP contribution in [0.25, 0.3) is 0 Å². The number of hydrogen-bond acceptors (Lipinski definition) is 3. The largest absolute Gasteiger partial charge is 0.492 e. The molecular weight excluding hydrogens is 209 g/mol. The van der Waals surface area contributed by atoms with Gasteiger partial charge in [-0.1, -0.05) is 6.92 Å². The molecule has 1 aromatic rings. The van der Waals surface area contributed by atoms with E-state index < -0.39 is 12.1 Å². The number of benzene rings is 1. The highest BCUT2D eigenvalue weighted by molar-refractivity contribution is 5.28. The Balaban J connectivity index is 2.54. The number of ether oxygens (including phenoxy) is 1. The lowest BCUT2D eigenvalue weighted by Crippen LogP contribution is -2.39. The quantitative estimate of drug-likeness (QED) is 0.803. The Hall–Kier alpha value is -1.13. The van der Waals surface area contributed by atoms with Crippen LogP contribution in [0.4, 0.5) is 4.39 Å². The topological polar surface area (TPSA) is 55.5 Å². The van der Waals surface area contributed by atoms with Crippen LogP contribution in [0.2, 0.25) is 0 Å². The van der Waals surface area contributed by atoms with Gasteiger partial charge in [0.1, 0.15) is 18.2 Å². The lowest BCUT2D eigenvalue weighted by atomic mass is 10.1. The summed E-state index contributed by atoms with van der Waals surface area (Å²) in [5.41, 5.74) is 6.47. The summed E-state index contributed by atoms with van der Waals surface area (Å²) in [6, 6.07) is 4.01. The number of aliphatic hydroxyl groups excluding tert-OH is 1. The molecule has 0 fully saturated rings. The van der Waals surface area contributed by atoms with Crippen LogP contribution >= 0.6 is 0 Å². The van der Waals surface area contributed by atoms with Crippen molar-refractivity contribution in [3.63, 3.8) is 0 Å². The molecule has 0 aliphatic heterocycles. The van der Waals surface area contributed by atoms with E-state index in [0.29, 0.717) is 12.2 Å². The summed E-state index contributed by atoms with van der Waals surface area (Å²) in [4.78, 5) is 0. The van der Waals surface area contributed by atoms with E-state index in [1.807, 2.05) is 6.92 Å². The van der Waals surface area contributed by atoms with Crippen LogP contribution in [0.3, 0.4) is 0 Å². The Kier molecular flexibility index (Phi) is 4.71. The van der Waals surface area contributed by atoms with Crippen LogP contribution in [0, 0.1) is 12.7 Å². The predicted molar refractivity (Wildman–Crippen MR) is 60.9 cm³/mol. The van der Waals surface area contributed by atoms with E-state index in [4.69, 9.17) is 10.5 Å². The summed E-state index contributed by atoms with van der Waals surface area (Å²) in [6.45, 7) is 3.81. The summed E-state index contributed by atoms with van der Waals surface area (Å²) in [5.74, 6) is 0.107. The van der Waals surface area contributed by atoms with Gasteiger partial charge >= 0.3 is 0 Å². The van der Waals surface area contributed by atoms with Gasteiger partial charge in [-0.3, -0.25) is 0 Å². The molecule has 3 N–H and O–H groups in total. The third-order valence-corrected chi connectivity index (χ3v) is 2.37. The maximum absolute atomic E-state index is 13.0. The van der Waals surface area contributed by atoms with E-state index >= 15 is 0 Å². The number of rotatable bonds is 5. The molecule has 4 heteroatoms. The van der Waals surface area contributed by atoms with Gasteiger partial charge in [0.2, 0.25) is 0 Å². The average molecular weight is 227 g/mol.